The van der Waals surface area contributed by atoms with Crippen molar-refractivity contribution in [2.24, 2.45) is 11.8 Å². The molecule has 12 nitrogen and oxygen atoms in total. The summed E-state index contributed by atoms with van der Waals surface area (Å²) in [6.07, 6.45) is 0.297. The van der Waals surface area contributed by atoms with Crippen LogP contribution in [0.15, 0.2) is 24.3 Å². The van der Waals surface area contributed by atoms with Crippen molar-refractivity contribution in [1.29, 1.82) is 0 Å². The van der Waals surface area contributed by atoms with Gasteiger partial charge in [0.25, 0.3) is 0 Å². The first kappa shape index (κ1) is 48.1. The summed E-state index contributed by atoms with van der Waals surface area (Å²) in [5.74, 6) is -3.53. The summed E-state index contributed by atoms with van der Waals surface area (Å²) < 4.78 is 33.3. The maximum Gasteiger partial charge on any atom is 0.338 e. The minimum atomic E-state index is -0.661. The minimum Gasteiger partial charge on any atom is -0.460 e. The molecule has 0 spiro atoms. The number of esters is 6. The molecule has 0 heterocycles. The number of rotatable bonds is 18. The van der Waals surface area contributed by atoms with Gasteiger partial charge in [0.2, 0.25) is 0 Å². The Kier molecular flexibility index (Phi) is 18.4. The van der Waals surface area contributed by atoms with Crippen molar-refractivity contribution >= 4 is 35.8 Å². The summed E-state index contributed by atoms with van der Waals surface area (Å²) in [6, 6.07) is 5.81. The van der Waals surface area contributed by atoms with Crippen LogP contribution in [-0.2, 0) is 47.6 Å². The van der Waals surface area contributed by atoms with Gasteiger partial charge in [0.15, 0.2) is 0 Å². The van der Waals surface area contributed by atoms with E-state index in [0.29, 0.717) is 25.7 Å². The predicted octanol–water partition coefficient (Wildman–Crippen LogP) is 8.50. The van der Waals surface area contributed by atoms with Crippen LogP contribution in [0.5, 0.6) is 0 Å². The molecule has 0 aliphatic rings. The van der Waals surface area contributed by atoms with Crippen molar-refractivity contribution < 1.29 is 57.2 Å². The van der Waals surface area contributed by atoms with E-state index >= 15 is 0 Å². The highest BCUT2D eigenvalue weighted by Crippen LogP contribution is 2.26. The fourth-order valence-electron chi connectivity index (χ4n) is 5.42. The molecule has 0 bridgehead atoms. The van der Waals surface area contributed by atoms with Gasteiger partial charge in [0, 0.05) is 25.7 Å². The Morgan fingerprint density at radius 2 is 0.630 bits per heavy atom. The molecule has 0 saturated carbocycles. The molecule has 1 rings (SSSR count). The third-order valence-corrected chi connectivity index (χ3v) is 7.83. The zero-order valence-electron chi connectivity index (χ0n) is 35.2. The Hall–Kier alpha value is -3.96. The Bertz CT molecular complexity index is 1230. The van der Waals surface area contributed by atoms with Crippen LogP contribution in [0.4, 0.5) is 0 Å². The molecule has 0 fully saturated rings. The molecule has 1 aromatic rings. The molecule has 54 heavy (non-hydrogen) atoms. The van der Waals surface area contributed by atoms with Gasteiger partial charge in [-0.15, -0.1) is 0 Å². The average Bonchev–Trinajstić information content (AvgIpc) is 2.97. The van der Waals surface area contributed by atoms with E-state index in [4.69, 9.17) is 28.4 Å². The summed E-state index contributed by atoms with van der Waals surface area (Å²) in [6.45, 7) is 24.8. The fraction of sp³-hybridized carbons (Fsp3) is 0.714. The van der Waals surface area contributed by atoms with Crippen LogP contribution in [-0.4, -0.2) is 70.4 Å². The van der Waals surface area contributed by atoms with Crippen molar-refractivity contribution in [2.45, 2.75) is 183 Å². The Balaban J connectivity index is 3.00. The van der Waals surface area contributed by atoms with E-state index in [1.165, 1.54) is 24.3 Å². The molecule has 0 aliphatic carbocycles. The molecule has 0 aromatic heterocycles. The van der Waals surface area contributed by atoms with Crippen LogP contribution in [0, 0.1) is 11.8 Å². The van der Waals surface area contributed by atoms with Crippen molar-refractivity contribution in [3.05, 3.63) is 35.4 Å². The van der Waals surface area contributed by atoms with Gasteiger partial charge in [0.05, 0.1) is 11.1 Å². The van der Waals surface area contributed by atoms with E-state index in [2.05, 4.69) is 0 Å². The summed E-state index contributed by atoms with van der Waals surface area (Å²) in [5.41, 5.74) is -2.22. The lowest BCUT2D eigenvalue weighted by Crippen LogP contribution is -2.29. The molecule has 306 valence electrons. The van der Waals surface area contributed by atoms with Gasteiger partial charge in [-0.1, -0.05) is 0 Å². The first-order valence-electron chi connectivity index (χ1n) is 18.9. The Morgan fingerprint density at radius 1 is 0.426 bits per heavy atom. The molecule has 0 amide bonds. The second kappa shape index (κ2) is 20.6. The monoisotopic (exact) mass is 762 g/mol. The van der Waals surface area contributed by atoms with Crippen LogP contribution in [0.25, 0.3) is 0 Å². The highest BCUT2D eigenvalue weighted by atomic mass is 16.6. The van der Waals surface area contributed by atoms with Gasteiger partial charge in [-0.2, -0.15) is 0 Å². The third kappa shape index (κ3) is 21.7. The predicted molar refractivity (Wildman–Crippen MR) is 203 cm³/mol. The highest BCUT2D eigenvalue weighted by Gasteiger charge is 2.29. The van der Waals surface area contributed by atoms with Crippen LogP contribution in [0.1, 0.15) is 169 Å². The van der Waals surface area contributed by atoms with Gasteiger partial charge in [-0.05, 0) is 159 Å². The topological polar surface area (TPSA) is 158 Å². The number of hydrogen-bond donors (Lipinski definition) is 0. The second-order valence-corrected chi connectivity index (χ2v) is 17.8. The number of hydrogen-bond acceptors (Lipinski definition) is 12. The molecule has 2 atom stereocenters. The lowest BCUT2D eigenvalue weighted by atomic mass is 9.92. The van der Waals surface area contributed by atoms with Gasteiger partial charge >= 0.3 is 35.8 Å². The van der Waals surface area contributed by atoms with Crippen molar-refractivity contribution in [3.63, 3.8) is 0 Å². The molecule has 1 aromatic carbocycles. The molecule has 0 saturated heterocycles. The summed E-state index contributed by atoms with van der Waals surface area (Å²) in [4.78, 5) is 76.2. The van der Waals surface area contributed by atoms with E-state index in [9.17, 15) is 28.8 Å². The van der Waals surface area contributed by atoms with Crippen molar-refractivity contribution in [1.82, 2.24) is 0 Å². The molecular weight excluding hydrogens is 696 g/mol. The SMILES string of the molecule is CC(OC(=O)c1ccc(C(=O)OC(C)C(CCC(=O)OC(C)(C)C)CCC(=O)OC(C)(C)C)cc1)C(CCC(=O)OC(C)(C)C)CCC(=O)OC(C)(C)C. The maximum absolute atomic E-state index is 13.2. The standard InChI is InChI=1S/C42H66O12/c1-27(29(19-23-33(43)51-39(3,4)5)20-24-34(44)52-40(6,7)8)49-37(47)31-15-17-32(18-16-31)38(48)50-28(2)30(21-25-35(45)53-41(9,10)11)22-26-36(46)54-42(12,13)14/h15-18,27-30H,19-26H2,1-14H3. The van der Waals surface area contributed by atoms with Gasteiger partial charge in [-0.3, -0.25) is 19.2 Å². The maximum atomic E-state index is 13.2. The number of ether oxygens (including phenoxy) is 6. The lowest BCUT2D eigenvalue weighted by Gasteiger charge is -2.26. The fourth-order valence-corrected chi connectivity index (χ4v) is 5.42. The van der Waals surface area contributed by atoms with Gasteiger partial charge in [0.1, 0.15) is 34.6 Å². The second-order valence-electron chi connectivity index (χ2n) is 17.8. The molecule has 0 radical (unpaired) electrons. The summed E-state index contributed by atoms with van der Waals surface area (Å²) >= 11 is 0. The lowest BCUT2D eigenvalue weighted by molar-refractivity contribution is -0.157. The number of benzene rings is 1. The van der Waals surface area contributed by atoms with E-state index in [-0.39, 0.29) is 48.6 Å². The van der Waals surface area contributed by atoms with E-state index in [0.717, 1.165) is 0 Å². The van der Waals surface area contributed by atoms with Crippen molar-refractivity contribution in [2.75, 3.05) is 0 Å². The summed E-state index contributed by atoms with van der Waals surface area (Å²) in [7, 11) is 0. The zero-order chi connectivity index (χ0) is 41.7. The van der Waals surface area contributed by atoms with Crippen LogP contribution < -0.4 is 0 Å². The van der Waals surface area contributed by atoms with Crippen LogP contribution >= 0.6 is 0 Å². The largest absolute Gasteiger partial charge is 0.460 e. The first-order chi connectivity index (χ1) is 24.5. The number of carbonyl (C=O) groups excluding carboxylic acids is 6. The molecule has 12 heteroatoms. The van der Waals surface area contributed by atoms with E-state index in [1.807, 2.05) is 0 Å². The van der Waals surface area contributed by atoms with Crippen molar-refractivity contribution in [3.8, 4) is 0 Å². The average molecular weight is 763 g/mol. The first-order valence-corrected chi connectivity index (χ1v) is 18.9. The zero-order valence-corrected chi connectivity index (χ0v) is 35.2. The van der Waals surface area contributed by atoms with Crippen LogP contribution in [0.2, 0.25) is 0 Å². The third-order valence-electron chi connectivity index (χ3n) is 7.83. The Labute approximate surface area is 322 Å². The minimum absolute atomic E-state index is 0.0796. The molecular formula is C42H66O12. The van der Waals surface area contributed by atoms with Crippen LogP contribution in [0.3, 0.4) is 0 Å². The molecule has 0 aliphatic heterocycles. The van der Waals surface area contributed by atoms with Gasteiger partial charge in [-0.25, -0.2) is 9.59 Å². The molecule has 2 unspecified atom stereocenters. The normalized spacial score (nSPS) is 13.5. The molecule has 0 N–H and O–H groups in total. The quantitative estimate of drug-likeness (QED) is 0.104. The van der Waals surface area contributed by atoms with E-state index in [1.54, 1.807) is 96.9 Å². The Morgan fingerprint density at radius 3 is 0.815 bits per heavy atom. The van der Waals surface area contributed by atoms with Gasteiger partial charge < -0.3 is 28.4 Å². The smallest absolute Gasteiger partial charge is 0.338 e. The number of carbonyl (C=O) groups is 6. The summed E-state index contributed by atoms with van der Waals surface area (Å²) in [5, 5.41) is 0. The highest BCUT2D eigenvalue weighted by molar-refractivity contribution is 5.93. The van der Waals surface area contributed by atoms with E-state index < -0.39 is 70.4 Å².